The molecule has 2 aliphatic carbocycles. The zero-order valence-corrected chi connectivity index (χ0v) is 36.7. The normalized spacial score (nSPS) is 28.0. The first kappa shape index (κ1) is 44.8. The van der Waals surface area contributed by atoms with Crippen LogP contribution in [0.2, 0.25) is 0 Å². The van der Waals surface area contributed by atoms with Gasteiger partial charge in [0, 0.05) is 26.3 Å². The minimum Gasteiger partial charge on any atom is -0.507 e. The zero-order valence-electron chi connectivity index (χ0n) is 36.7. The Morgan fingerprint density at radius 2 is 1.13 bits per heavy atom. The lowest BCUT2D eigenvalue weighted by molar-refractivity contribution is -0.156. The zero-order chi connectivity index (χ0) is 43.5. The van der Waals surface area contributed by atoms with Gasteiger partial charge in [0.05, 0.1) is 11.2 Å². The molecule has 0 bridgehead atoms. The van der Waals surface area contributed by atoms with Crippen LogP contribution in [-0.4, -0.2) is 77.9 Å². The standard InChI is InChI=1S/C24H31NO5.C21H26O4.C3H5NO/c1-5-25-22(27)29-20-19(18-14-16(3)15(2)13-17(18)4)21(26)30-24(20)10-8-23(9-11-24)7-6-12-28-23;1-13-11-15(3)16(12-14(13)2)17-18(22)21(25-19(17)23)8-6-20(7-9-21)5-4-10-24-20;1-2-4-3-5/h13-14H,5-12H2,1-4H3,(H,25,27);11-12,22H,4-10H2,1-3H3;2H2,1H3. The van der Waals surface area contributed by atoms with Crippen molar-refractivity contribution in [1.29, 1.82) is 0 Å². The van der Waals surface area contributed by atoms with Crippen LogP contribution in [0.15, 0.2) is 40.8 Å². The highest BCUT2D eigenvalue weighted by Gasteiger charge is 2.57. The van der Waals surface area contributed by atoms with Gasteiger partial charge < -0.3 is 34.1 Å². The lowest BCUT2D eigenvalue weighted by Crippen LogP contribution is -2.45. The molecule has 0 aromatic heterocycles. The number of rotatable bonds is 5. The van der Waals surface area contributed by atoms with Crippen LogP contribution >= 0.6 is 0 Å². The molecule has 0 radical (unpaired) electrons. The second kappa shape index (κ2) is 18.1. The van der Waals surface area contributed by atoms with Crippen molar-refractivity contribution in [1.82, 2.24) is 5.32 Å². The predicted molar refractivity (Wildman–Crippen MR) is 227 cm³/mol. The van der Waals surface area contributed by atoms with Crippen molar-refractivity contribution >= 4 is 35.3 Å². The van der Waals surface area contributed by atoms with Crippen molar-refractivity contribution in [2.75, 3.05) is 26.3 Å². The maximum absolute atomic E-state index is 13.1. The molecular weight excluding hydrogens is 765 g/mol. The van der Waals surface area contributed by atoms with Gasteiger partial charge >= 0.3 is 18.0 Å². The number of carbonyl (C=O) groups excluding carboxylic acids is 4. The third-order valence-corrected chi connectivity index (χ3v) is 13.6. The molecule has 2 N–H and O–H groups in total. The smallest absolute Gasteiger partial charge is 0.412 e. The fraction of sp³-hybridized carbons (Fsp3) is 0.583. The Labute approximate surface area is 354 Å². The number of aliphatic hydroxyl groups excluding tert-OH is 1. The van der Waals surface area contributed by atoms with Gasteiger partial charge in [-0.1, -0.05) is 24.3 Å². The molecule has 4 fully saturated rings. The highest BCUT2D eigenvalue weighted by Crippen LogP contribution is 2.53. The Kier molecular flexibility index (Phi) is 13.5. The highest BCUT2D eigenvalue weighted by atomic mass is 16.6. The molecule has 2 saturated heterocycles. The number of ether oxygens (including phenoxy) is 5. The van der Waals surface area contributed by atoms with Crippen molar-refractivity contribution in [3.63, 3.8) is 0 Å². The second-order valence-corrected chi connectivity index (χ2v) is 17.5. The minimum atomic E-state index is -0.903. The number of aryl methyl sites for hydroxylation is 6. The third kappa shape index (κ3) is 8.83. The SMILES string of the molecule is CCN=C=O.CCNC(=O)OC1=C(c2cc(C)c(C)cc2C)C(=O)OC12CCC1(CCCO1)CC2.Cc1cc(C)c(C2=C(O)C3(CCC4(CCCO4)CC3)OC2=O)cc1C. The van der Waals surface area contributed by atoms with Crippen LogP contribution in [0.3, 0.4) is 0 Å². The monoisotopic (exact) mass is 826 g/mol. The fourth-order valence-electron chi connectivity index (χ4n) is 9.79. The van der Waals surface area contributed by atoms with E-state index in [1.165, 1.54) is 11.6 Å². The number of hydrogen-bond donors (Lipinski definition) is 2. The van der Waals surface area contributed by atoms with Crippen molar-refractivity contribution < 1.29 is 48.0 Å². The maximum atomic E-state index is 13.1. The summed E-state index contributed by atoms with van der Waals surface area (Å²) in [5.41, 5.74) is 6.84. The molecule has 4 aliphatic heterocycles. The van der Waals surface area contributed by atoms with Crippen molar-refractivity contribution in [2.45, 2.75) is 155 Å². The van der Waals surface area contributed by atoms with E-state index in [1.807, 2.05) is 53.7 Å². The number of esters is 2. The number of amides is 1. The molecule has 4 spiro atoms. The molecule has 12 heteroatoms. The Balaban J connectivity index is 0.000000183. The van der Waals surface area contributed by atoms with E-state index in [4.69, 9.17) is 28.5 Å². The predicted octanol–water partition coefficient (Wildman–Crippen LogP) is 9.13. The number of hydrogen-bond acceptors (Lipinski definition) is 11. The van der Waals surface area contributed by atoms with Crippen LogP contribution in [0.25, 0.3) is 11.1 Å². The number of carbonyl (C=O) groups is 3. The van der Waals surface area contributed by atoms with Crippen LogP contribution in [0.5, 0.6) is 0 Å². The van der Waals surface area contributed by atoms with Gasteiger partial charge in [0.2, 0.25) is 6.08 Å². The first-order chi connectivity index (χ1) is 28.6. The Bertz CT molecular complexity index is 2090. The van der Waals surface area contributed by atoms with Crippen LogP contribution in [0.1, 0.15) is 135 Å². The average molecular weight is 827 g/mol. The minimum absolute atomic E-state index is 0.0585. The van der Waals surface area contributed by atoms with Gasteiger partial charge in [0.25, 0.3) is 0 Å². The summed E-state index contributed by atoms with van der Waals surface area (Å²) in [4.78, 5) is 50.5. The molecule has 6 aliphatic rings. The summed E-state index contributed by atoms with van der Waals surface area (Å²) >= 11 is 0. The molecule has 8 rings (SSSR count). The van der Waals surface area contributed by atoms with E-state index < -0.39 is 29.2 Å². The summed E-state index contributed by atoms with van der Waals surface area (Å²) in [6.45, 7) is 18.3. The van der Waals surface area contributed by atoms with E-state index in [1.54, 1.807) is 6.92 Å². The summed E-state index contributed by atoms with van der Waals surface area (Å²) < 4.78 is 29.6. The fourth-order valence-corrected chi connectivity index (χ4v) is 9.79. The first-order valence-electron chi connectivity index (χ1n) is 21.7. The molecule has 0 unspecified atom stereocenters. The molecule has 12 nitrogen and oxygen atoms in total. The van der Waals surface area contributed by atoms with Gasteiger partial charge in [-0.15, -0.1) is 0 Å². The quantitative estimate of drug-likeness (QED) is 0.129. The van der Waals surface area contributed by atoms with Crippen LogP contribution in [0, 0.1) is 41.5 Å². The largest absolute Gasteiger partial charge is 0.507 e. The van der Waals surface area contributed by atoms with E-state index in [0.717, 1.165) is 104 Å². The number of nitrogens with one attached hydrogen (secondary N) is 1. The molecule has 0 atom stereocenters. The van der Waals surface area contributed by atoms with Crippen LogP contribution in [0.4, 0.5) is 4.79 Å². The molecule has 4 heterocycles. The first-order valence-corrected chi connectivity index (χ1v) is 21.7. The van der Waals surface area contributed by atoms with Crippen LogP contribution in [-0.2, 0) is 38.1 Å². The molecular formula is C48H62N2O10. The van der Waals surface area contributed by atoms with E-state index in [9.17, 15) is 19.5 Å². The van der Waals surface area contributed by atoms with E-state index in [-0.39, 0.29) is 17.0 Å². The Morgan fingerprint density at radius 1 is 0.683 bits per heavy atom. The number of aliphatic hydroxyl groups is 1. The second-order valence-electron chi connectivity index (χ2n) is 17.5. The molecule has 2 aromatic carbocycles. The van der Waals surface area contributed by atoms with Gasteiger partial charge in [-0.05, 0) is 177 Å². The van der Waals surface area contributed by atoms with Crippen LogP contribution < -0.4 is 5.32 Å². The summed E-state index contributed by atoms with van der Waals surface area (Å²) in [7, 11) is 0. The topological polar surface area (TPSA) is 159 Å². The number of alkyl carbamates (subject to hydrolysis) is 1. The van der Waals surface area contributed by atoms with E-state index in [2.05, 4.69) is 29.4 Å². The number of isocyanates is 1. The molecule has 2 aromatic rings. The van der Waals surface area contributed by atoms with Gasteiger partial charge in [0.1, 0.15) is 11.1 Å². The van der Waals surface area contributed by atoms with Gasteiger partial charge in [-0.2, -0.15) is 0 Å². The van der Waals surface area contributed by atoms with Crippen molar-refractivity contribution in [2.24, 2.45) is 4.99 Å². The summed E-state index contributed by atoms with van der Waals surface area (Å²) in [6.07, 6.45) is 10.8. The number of benzene rings is 2. The maximum Gasteiger partial charge on any atom is 0.412 e. The molecule has 1 amide bonds. The van der Waals surface area contributed by atoms with Gasteiger partial charge in [0.15, 0.2) is 22.7 Å². The van der Waals surface area contributed by atoms with Gasteiger partial charge in [-0.25, -0.2) is 24.2 Å². The lowest BCUT2D eigenvalue weighted by atomic mass is 9.73. The molecule has 2 saturated carbocycles. The summed E-state index contributed by atoms with van der Waals surface area (Å²) in [6, 6.07) is 8.10. The number of aliphatic imine (C=N–C) groups is 1. The Morgan fingerprint density at radius 3 is 1.57 bits per heavy atom. The Hall–Kier alpha value is -4.77. The number of nitrogens with zero attached hydrogens (tertiary/aromatic N) is 1. The van der Waals surface area contributed by atoms with E-state index in [0.29, 0.717) is 55.7 Å². The third-order valence-electron chi connectivity index (χ3n) is 13.6. The lowest BCUT2D eigenvalue weighted by Gasteiger charge is -2.41. The average Bonchev–Trinajstić information content (AvgIpc) is 3.98. The van der Waals surface area contributed by atoms with Gasteiger partial charge in [-0.3, -0.25) is 0 Å². The molecule has 324 valence electrons. The summed E-state index contributed by atoms with van der Waals surface area (Å²) in [5, 5.41) is 13.7. The summed E-state index contributed by atoms with van der Waals surface area (Å²) in [5.74, 6) is -0.328. The highest BCUT2D eigenvalue weighted by molar-refractivity contribution is 6.21. The van der Waals surface area contributed by atoms with Crippen molar-refractivity contribution in [3.05, 3.63) is 80.3 Å². The van der Waals surface area contributed by atoms with Crippen molar-refractivity contribution in [3.8, 4) is 0 Å². The van der Waals surface area contributed by atoms with E-state index >= 15 is 0 Å². The molecule has 60 heavy (non-hydrogen) atoms.